The molecule has 3 rings (SSSR count). The zero-order valence-electron chi connectivity index (χ0n) is 12.9. The molecule has 2 heteroatoms. The topological polar surface area (TPSA) is 12.5 Å². The first-order valence-electron chi connectivity index (χ1n) is 7.84. The summed E-state index contributed by atoms with van der Waals surface area (Å²) in [5, 5.41) is 0. The van der Waals surface area contributed by atoms with Crippen molar-refractivity contribution in [3.05, 3.63) is 59.7 Å². The minimum absolute atomic E-state index is 0.563. The van der Waals surface area contributed by atoms with Crippen molar-refractivity contribution in [1.82, 2.24) is 0 Å². The molecule has 0 bridgehead atoms. The Kier molecular flexibility index (Phi) is 4.14. The fraction of sp³-hybridized carbons (Fsp3) is 0.368. The number of para-hydroxylation sites is 1. The van der Waals surface area contributed by atoms with E-state index in [1.54, 1.807) is 0 Å². The number of benzene rings is 2. The van der Waals surface area contributed by atoms with Gasteiger partial charge in [0.25, 0.3) is 0 Å². The molecule has 0 saturated heterocycles. The van der Waals surface area contributed by atoms with Gasteiger partial charge in [0.2, 0.25) is 0 Å². The predicted octanol–water partition coefficient (Wildman–Crippen LogP) is 4.08. The number of aryl methyl sites for hydroxylation is 1. The highest BCUT2D eigenvalue weighted by atomic mass is 16.5. The molecular formula is C19H23NO. The van der Waals surface area contributed by atoms with Crippen LogP contribution in [0.15, 0.2) is 48.5 Å². The minimum Gasteiger partial charge on any atom is -0.492 e. The summed E-state index contributed by atoms with van der Waals surface area (Å²) in [5.41, 5.74) is 4.18. The minimum atomic E-state index is 0.563. The second-order valence-corrected chi connectivity index (χ2v) is 5.72. The Labute approximate surface area is 127 Å². The molecule has 1 aliphatic heterocycles. The molecule has 0 fully saturated rings. The van der Waals surface area contributed by atoms with Crippen molar-refractivity contribution in [1.29, 1.82) is 0 Å². The van der Waals surface area contributed by atoms with E-state index in [4.69, 9.17) is 4.74 Å². The average molecular weight is 281 g/mol. The van der Waals surface area contributed by atoms with Gasteiger partial charge in [-0.2, -0.15) is 0 Å². The molecule has 0 saturated carbocycles. The molecule has 110 valence electrons. The third kappa shape index (κ3) is 3.05. The lowest BCUT2D eigenvalue weighted by Crippen LogP contribution is -2.33. The molecule has 0 aliphatic carbocycles. The molecule has 0 N–H and O–H groups in total. The number of hydrogen-bond donors (Lipinski definition) is 0. The summed E-state index contributed by atoms with van der Waals surface area (Å²) in [7, 11) is 0. The molecule has 1 unspecified atom stereocenters. The van der Waals surface area contributed by atoms with E-state index in [-0.39, 0.29) is 0 Å². The summed E-state index contributed by atoms with van der Waals surface area (Å²) in [6.07, 6.45) is 2.21. The molecule has 2 aromatic rings. The Hall–Kier alpha value is -1.96. The Morgan fingerprint density at radius 1 is 1.10 bits per heavy atom. The van der Waals surface area contributed by atoms with Crippen LogP contribution < -0.4 is 9.64 Å². The van der Waals surface area contributed by atoms with Gasteiger partial charge in [0.1, 0.15) is 12.4 Å². The maximum absolute atomic E-state index is 5.89. The number of ether oxygens (including phenoxy) is 1. The zero-order chi connectivity index (χ0) is 14.7. The Bertz CT molecular complexity index is 591. The highest BCUT2D eigenvalue weighted by Crippen LogP contribution is 2.31. The average Bonchev–Trinajstić information content (AvgIpc) is 2.84. The van der Waals surface area contributed by atoms with Gasteiger partial charge >= 0.3 is 0 Å². The highest BCUT2D eigenvalue weighted by molar-refractivity contribution is 5.59. The highest BCUT2D eigenvalue weighted by Gasteiger charge is 2.24. The first kappa shape index (κ1) is 14.0. The van der Waals surface area contributed by atoms with Crippen LogP contribution in [0.5, 0.6) is 5.75 Å². The third-order valence-corrected chi connectivity index (χ3v) is 4.28. The van der Waals surface area contributed by atoms with E-state index in [0.717, 1.165) is 31.7 Å². The molecule has 1 aliphatic rings. The number of nitrogens with zero attached hydrogens (tertiary/aromatic N) is 1. The number of fused-ring (bicyclic) bond motifs is 1. The van der Waals surface area contributed by atoms with Gasteiger partial charge in [-0.15, -0.1) is 0 Å². The monoisotopic (exact) mass is 281 g/mol. The van der Waals surface area contributed by atoms with Crippen molar-refractivity contribution >= 4 is 5.69 Å². The van der Waals surface area contributed by atoms with Crippen molar-refractivity contribution in [2.45, 2.75) is 32.7 Å². The van der Waals surface area contributed by atoms with Crippen LogP contribution >= 0.6 is 0 Å². The normalized spacial score (nSPS) is 16.9. The summed E-state index contributed by atoms with van der Waals surface area (Å²) < 4.78 is 5.89. The van der Waals surface area contributed by atoms with Crippen LogP contribution in [0.4, 0.5) is 5.69 Å². The summed E-state index contributed by atoms with van der Waals surface area (Å²) in [4.78, 5) is 2.45. The van der Waals surface area contributed by atoms with Crippen molar-refractivity contribution in [3.63, 3.8) is 0 Å². The van der Waals surface area contributed by atoms with E-state index in [9.17, 15) is 0 Å². The Morgan fingerprint density at radius 3 is 2.62 bits per heavy atom. The summed E-state index contributed by atoms with van der Waals surface area (Å²) in [5.74, 6) is 0.965. The van der Waals surface area contributed by atoms with E-state index in [2.05, 4.69) is 67.3 Å². The second-order valence-electron chi connectivity index (χ2n) is 5.72. The largest absolute Gasteiger partial charge is 0.492 e. The maximum atomic E-state index is 5.89. The van der Waals surface area contributed by atoms with Gasteiger partial charge in [-0.1, -0.05) is 37.3 Å². The first-order valence-corrected chi connectivity index (χ1v) is 7.84. The van der Waals surface area contributed by atoms with Gasteiger partial charge in [0.05, 0.1) is 6.54 Å². The molecule has 0 radical (unpaired) electrons. The lowest BCUT2D eigenvalue weighted by molar-refractivity contribution is 0.321. The first-order chi connectivity index (χ1) is 10.3. The molecular weight excluding hydrogens is 258 g/mol. The number of rotatable bonds is 5. The summed E-state index contributed by atoms with van der Waals surface area (Å²) in [6, 6.07) is 17.7. The summed E-state index contributed by atoms with van der Waals surface area (Å²) >= 11 is 0. The van der Waals surface area contributed by atoms with E-state index >= 15 is 0 Å². The molecule has 1 atom stereocenters. The second kappa shape index (κ2) is 6.21. The van der Waals surface area contributed by atoms with E-state index < -0.39 is 0 Å². The van der Waals surface area contributed by atoms with Crippen molar-refractivity contribution in [2.24, 2.45) is 0 Å². The predicted molar refractivity (Wildman–Crippen MR) is 88.3 cm³/mol. The van der Waals surface area contributed by atoms with Gasteiger partial charge in [0.15, 0.2) is 0 Å². The molecule has 1 heterocycles. The van der Waals surface area contributed by atoms with Gasteiger partial charge in [-0.25, -0.2) is 0 Å². The molecule has 0 amide bonds. The molecule has 0 aromatic heterocycles. The Morgan fingerprint density at radius 2 is 1.86 bits per heavy atom. The lowest BCUT2D eigenvalue weighted by atomic mass is 10.1. The van der Waals surface area contributed by atoms with Crippen LogP contribution in [0, 0.1) is 0 Å². The SMILES string of the molecule is CCc1ccc(OCCN2c3ccccc3CC2C)cc1. The quantitative estimate of drug-likeness (QED) is 0.819. The van der Waals surface area contributed by atoms with Gasteiger partial charge < -0.3 is 9.64 Å². The van der Waals surface area contributed by atoms with E-state index in [0.29, 0.717) is 6.04 Å². The molecule has 0 spiro atoms. The van der Waals surface area contributed by atoms with Crippen molar-refractivity contribution in [3.8, 4) is 5.75 Å². The molecule has 21 heavy (non-hydrogen) atoms. The Balaban J connectivity index is 1.58. The number of hydrogen-bond acceptors (Lipinski definition) is 2. The van der Waals surface area contributed by atoms with Gasteiger partial charge in [0, 0.05) is 11.7 Å². The number of anilines is 1. The fourth-order valence-corrected chi connectivity index (χ4v) is 3.05. The van der Waals surface area contributed by atoms with Gasteiger partial charge in [-0.05, 0) is 49.1 Å². The van der Waals surface area contributed by atoms with Crippen LogP contribution in [0.3, 0.4) is 0 Å². The van der Waals surface area contributed by atoms with Crippen molar-refractivity contribution in [2.75, 3.05) is 18.1 Å². The van der Waals surface area contributed by atoms with Crippen LogP contribution in [-0.2, 0) is 12.8 Å². The summed E-state index contributed by atoms with van der Waals surface area (Å²) in [6.45, 7) is 6.12. The molecule has 2 aromatic carbocycles. The zero-order valence-corrected chi connectivity index (χ0v) is 12.9. The molecule has 2 nitrogen and oxygen atoms in total. The fourth-order valence-electron chi connectivity index (χ4n) is 3.05. The smallest absolute Gasteiger partial charge is 0.119 e. The van der Waals surface area contributed by atoms with E-state index in [1.807, 2.05) is 0 Å². The van der Waals surface area contributed by atoms with Crippen molar-refractivity contribution < 1.29 is 4.74 Å². The van der Waals surface area contributed by atoms with Crippen LogP contribution in [0.1, 0.15) is 25.0 Å². The third-order valence-electron chi connectivity index (χ3n) is 4.28. The lowest BCUT2D eigenvalue weighted by Gasteiger charge is -2.24. The van der Waals surface area contributed by atoms with Crippen LogP contribution in [-0.4, -0.2) is 19.2 Å². The van der Waals surface area contributed by atoms with Crippen LogP contribution in [0.2, 0.25) is 0 Å². The van der Waals surface area contributed by atoms with Crippen LogP contribution in [0.25, 0.3) is 0 Å². The standard InChI is InChI=1S/C19H23NO/c1-3-16-8-10-18(11-9-16)21-13-12-20-15(2)14-17-6-4-5-7-19(17)20/h4-11,15H,3,12-14H2,1-2H3. The maximum Gasteiger partial charge on any atom is 0.119 e. The van der Waals surface area contributed by atoms with Gasteiger partial charge in [-0.3, -0.25) is 0 Å². The van der Waals surface area contributed by atoms with E-state index in [1.165, 1.54) is 16.8 Å².